The molecule has 0 radical (unpaired) electrons. The molecule has 7 nitrogen and oxygen atoms in total. The Morgan fingerprint density at radius 2 is 1.78 bits per heavy atom. The van der Waals surface area contributed by atoms with E-state index in [1.807, 2.05) is 0 Å². The van der Waals surface area contributed by atoms with E-state index in [4.69, 9.17) is 16.0 Å². The summed E-state index contributed by atoms with van der Waals surface area (Å²) in [6.07, 6.45) is 1.72. The van der Waals surface area contributed by atoms with E-state index in [0.717, 1.165) is 5.56 Å². The first-order valence-corrected chi connectivity index (χ1v) is 8.47. The van der Waals surface area contributed by atoms with Gasteiger partial charge in [-0.25, -0.2) is 0 Å². The minimum Gasteiger partial charge on any atom is -0.454 e. The lowest BCUT2D eigenvalue weighted by Crippen LogP contribution is -2.42. The van der Waals surface area contributed by atoms with Crippen LogP contribution in [0.1, 0.15) is 21.9 Å². The number of pyridine rings is 1. The number of carbonyl (C=O) groups is 2. The van der Waals surface area contributed by atoms with E-state index in [0.29, 0.717) is 10.8 Å². The van der Waals surface area contributed by atoms with Crippen molar-refractivity contribution < 1.29 is 14.0 Å². The fraction of sp³-hybridized carbons (Fsp3) is 0.105. The Morgan fingerprint density at radius 3 is 2.52 bits per heavy atom. The Balaban J connectivity index is 1.53. The van der Waals surface area contributed by atoms with Gasteiger partial charge < -0.3 is 8.98 Å². The van der Waals surface area contributed by atoms with Crippen LogP contribution in [0.3, 0.4) is 0 Å². The van der Waals surface area contributed by atoms with Gasteiger partial charge in [-0.3, -0.25) is 25.2 Å². The summed E-state index contributed by atoms with van der Waals surface area (Å²) in [5.41, 5.74) is 5.21. The third kappa shape index (κ3) is 5.08. The summed E-state index contributed by atoms with van der Waals surface area (Å²) >= 11 is 5.79. The number of amides is 2. The van der Waals surface area contributed by atoms with Gasteiger partial charge >= 0.3 is 5.91 Å². The molecule has 0 aliphatic carbocycles. The Bertz CT molecular complexity index is 1010. The van der Waals surface area contributed by atoms with Gasteiger partial charge in [-0.1, -0.05) is 29.8 Å². The number of halogens is 1. The zero-order chi connectivity index (χ0) is 19.2. The van der Waals surface area contributed by atoms with Crippen molar-refractivity contribution in [3.63, 3.8) is 0 Å². The van der Waals surface area contributed by atoms with Gasteiger partial charge in [-0.15, -0.1) is 0 Å². The van der Waals surface area contributed by atoms with Crippen molar-refractivity contribution in [3.05, 3.63) is 93.3 Å². The van der Waals surface area contributed by atoms with E-state index >= 15 is 0 Å². The minimum absolute atomic E-state index is 0.0285. The standard InChI is InChI=1S/C19H16ClN3O4/c20-14-6-4-13(5-7-14)11-17(24)21-22-19(26)16-9-8-15(27-16)12-23-10-2-1-3-18(23)25/h1-10H,11-12H2,(H,21,24)(H,22,26). The molecule has 0 bridgehead atoms. The van der Waals surface area contributed by atoms with Gasteiger partial charge in [-0.2, -0.15) is 0 Å². The molecule has 0 aliphatic rings. The van der Waals surface area contributed by atoms with Crippen molar-refractivity contribution in [2.24, 2.45) is 0 Å². The second-order valence-corrected chi connectivity index (χ2v) is 6.17. The minimum atomic E-state index is -0.592. The average Bonchev–Trinajstić information content (AvgIpc) is 3.12. The van der Waals surface area contributed by atoms with Crippen LogP contribution < -0.4 is 16.4 Å². The second-order valence-electron chi connectivity index (χ2n) is 5.74. The van der Waals surface area contributed by atoms with Crippen LogP contribution in [0, 0.1) is 0 Å². The summed E-state index contributed by atoms with van der Waals surface area (Å²) in [5, 5.41) is 0.582. The van der Waals surface area contributed by atoms with Crippen molar-refractivity contribution >= 4 is 23.4 Å². The number of rotatable bonds is 5. The maximum absolute atomic E-state index is 12.1. The van der Waals surface area contributed by atoms with Gasteiger partial charge in [0.1, 0.15) is 5.76 Å². The molecule has 3 rings (SSSR count). The van der Waals surface area contributed by atoms with Crippen LogP contribution in [0.25, 0.3) is 0 Å². The summed E-state index contributed by atoms with van der Waals surface area (Å²) in [4.78, 5) is 35.7. The predicted octanol–water partition coefficient (Wildman–Crippen LogP) is 2.15. The van der Waals surface area contributed by atoms with Gasteiger partial charge in [0.25, 0.3) is 5.56 Å². The van der Waals surface area contributed by atoms with Crippen molar-refractivity contribution in [1.82, 2.24) is 15.4 Å². The molecule has 0 spiro atoms. The average molecular weight is 386 g/mol. The van der Waals surface area contributed by atoms with Crippen LogP contribution in [0.5, 0.6) is 0 Å². The molecule has 1 aromatic carbocycles. The number of hydrazine groups is 1. The number of nitrogens with one attached hydrogen (secondary N) is 2. The van der Waals surface area contributed by atoms with Crippen molar-refractivity contribution in [3.8, 4) is 0 Å². The first kappa shape index (κ1) is 18.5. The van der Waals surface area contributed by atoms with Gasteiger partial charge in [0.2, 0.25) is 5.91 Å². The molecular formula is C19H16ClN3O4. The monoisotopic (exact) mass is 385 g/mol. The first-order valence-electron chi connectivity index (χ1n) is 8.09. The second kappa shape index (κ2) is 8.37. The van der Waals surface area contributed by atoms with Crippen molar-refractivity contribution in [2.45, 2.75) is 13.0 Å². The number of furan rings is 1. The lowest BCUT2D eigenvalue weighted by molar-refractivity contribution is -0.121. The van der Waals surface area contributed by atoms with Crippen LogP contribution in [0.15, 0.2) is 70.0 Å². The van der Waals surface area contributed by atoms with E-state index < -0.39 is 5.91 Å². The molecule has 0 fully saturated rings. The molecule has 2 N–H and O–H groups in total. The fourth-order valence-corrected chi connectivity index (χ4v) is 2.49. The lowest BCUT2D eigenvalue weighted by Gasteiger charge is -2.06. The molecule has 138 valence electrons. The number of nitrogens with zero attached hydrogens (tertiary/aromatic N) is 1. The highest BCUT2D eigenvalue weighted by Crippen LogP contribution is 2.10. The van der Waals surface area contributed by atoms with E-state index in [-0.39, 0.29) is 30.2 Å². The Hall–Kier alpha value is -3.32. The molecule has 0 saturated heterocycles. The number of benzene rings is 1. The smallest absolute Gasteiger partial charge is 0.305 e. The van der Waals surface area contributed by atoms with Crippen LogP contribution in [0.2, 0.25) is 5.02 Å². The van der Waals surface area contributed by atoms with E-state index in [2.05, 4.69) is 10.9 Å². The first-order chi connectivity index (χ1) is 13.0. The largest absolute Gasteiger partial charge is 0.454 e. The van der Waals surface area contributed by atoms with Gasteiger partial charge in [0.05, 0.1) is 13.0 Å². The SMILES string of the molecule is O=C(Cc1ccc(Cl)cc1)NNC(=O)c1ccc(Cn2ccccc2=O)o1. The molecule has 2 aromatic heterocycles. The molecule has 0 aliphatic heterocycles. The summed E-state index contributed by atoms with van der Waals surface area (Å²) in [6.45, 7) is 0.204. The molecule has 8 heteroatoms. The van der Waals surface area contributed by atoms with Gasteiger partial charge in [0.15, 0.2) is 5.76 Å². The quantitative estimate of drug-likeness (QED) is 0.658. The summed E-state index contributed by atoms with van der Waals surface area (Å²) < 4.78 is 6.88. The Labute approximate surface area is 159 Å². The highest BCUT2D eigenvalue weighted by atomic mass is 35.5. The summed E-state index contributed by atoms with van der Waals surface area (Å²) in [6, 6.07) is 14.7. The number of hydrogen-bond donors (Lipinski definition) is 2. The third-order valence-corrected chi connectivity index (χ3v) is 3.96. The number of carbonyl (C=O) groups excluding carboxylic acids is 2. The molecule has 3 aromatic rings. The van der Waals surface area contributed by atoms with Crippen molar-refractivity contribution in [2.75, 3.05) is 0 Å². The van der Waals surface area contributed by atoms with Crippen LogP contribution >= 0.6 is 11.6 Å². The maximum Gasteiger partial charge on any atom is 0.305 e. The maximum atomic E-state index is 12.1. The molecule has 0 atom stereocenters. The number of aromatic nitrogens is 1. The zero-order valence-electron chi connectivity index (χ0n) is 14.1. The van der Waals surface area contributed by atoms with E-state index in [1.54, 1.807) is 48.7 Å². The predicted molar refractivity (Wildman–Crippen MR) is 99.3 cm³/mol. The Morgan fingerprint density at radius 1 is 1.00 bits per heavy atom. The summed E-state index contributed by atoms with van der Waals surface area (Å²) in [5.74, 6) is -0.499. The molecule has 0 unspecified atom stereocenters. The molecule has 2 heterocycles. The highest BCUT2D eigenvalue weighted by molar-refractivity contribution is 6.30. The van der Waals surface area contributed by atoms with E-state index in [9.17, 15) is 14.4 Å². The molecule has 0 saturated carbocycles. The normalized spacial score (nSPS) is 10.4. The van der Waals surface area contributed by atoms with Gasteiger partial charge in [-0.05, 0) is 35.9 Å². The van der Waals surface area contributed by atoms with Crippen LogP contribution in [0.4, 0.5) is 0 Å². The van der Waals surface area contributed by atoms with E-state index in [1.165, 1.54) is 16.7 Å². The Kier molecular flexibility index (Phi) is 5.73. The molecular weight excluding hydrogens is 370 g/mol. The highest BCUT2D eigenvalue weighted by Gasteiger charge is 2.13. The summed E-state index contributed by atoms with van der Waals surface area (Å²) in [7, 11) is 0. The topological polar surface area (TPSA) is 93.3 Å². The van der Waals surface area contributed by atoms with Crippen LogP contribution in [-0.2, 0) is 17.8 Å². The lowest BCUT2D eigenvalue weighted by atomic mass is 10.1. The van der Waals surface area contributed by atoms with Crippen molar-refractivity contribution in [1.29, 1.82) is 0 Å². The molecule has 2 amide bonds. The fourth-order valence-electron chi connectivity index (χ4n) is 2.36. The van der Waals surface area contributed by atoms with Gasteiger partial charge in [0, 0.05) is 17.3 Å². The number of hydrogen-bond acceptors (Lipinski definition) is 4. The third-order valence-electron chi connectivity index (χ3n) is 3.70. The molecule has 27 heavy (non-hydrogen) atoms. The zero-order valence-corrected chi connectivity index (χ0v) is 14.9. The van der Waals surface area contributed by atoms with Crippen LogP contribution in [-0.4, -0.2) is 16.4 Å².